The number of likely N-dealkylation sites (tertiary alicyclic amines) is 1. The Labute approximate surface area is 209 Å². The smallest absolute Gasteiger partial charge is 0.392 e. The molecule has 1 spiro atoms. The van der Waals surface area contributed by atoms with Gasteiger partial charge in [0.1, 0.15) is 13.1 Å². The van der Waals surface area contributed by atoms with Crippen molar-refractivity contribution >= 4 is 34.3 Å². The Morgan fingerprint density at radius 3 is 2.62 bits per heavy atom. The molecule has 1 saturated heterocycles. The number of carbonyl (C=O) groups excluding carboxylic acids is 3. The number of aliphatic hydroxyl groups is 1. The number of H-pyrrole nitrogens is 1. The summed E-state index contributed by atoms with van der Waals surface area (Å²) in [6.07, 6.45) is -2.46. The van der Waals surface area contributed by atoms with Crippen LogP contribution in [0.15, 0.2) is 42.6 Å². The average molecular weight is 515 g/mol. The highest BCUT2D eigenvalue weighted by Crippen LogP contribution is 2.49. The molecule has 37 heavy (non-hydrogen) atoms. The maximum Gasteiger partial charge on any atom is 0.405 e. The van der Waals surface area contributed by atoms with Crippen LogP contribution in [0.2, 0.25) is 0 Å². The molecule has 2 aliphatic rings. The van der Waals surface area contributed by atoms with Crippen molar-refractivity contribution in [1.82, 2.24) is 20.4 Å². The molecule has 3 amide bonds. The van der Waals surface area contributed by atoms with Crippen LogP contribution in [0, 0.1) is 0 Å². The van der Waals surface area contributed by atoms with Crippen LogP contribution < -0.4 is 10.2 Å². The predicted molar refractivity (Wildman–Crippen MR) is 127 cm³/mol. The van der Waals surface area contributed by atoms with Gasteiger partial charge in [-0.1, -0.05) is 12.1 Å². The van der Waals surface area contributed by atoms with Gasteiger partial charge in [0.15, 0.2) is 0 Å². The second-order valence-corrected chi connectivity index (χ2v) is 9.30. The SMILES string of the molecule is O=C(CN1C(=O)C2(CCN(C(=O)c3ccc4[nH]ncc4c3)CC2)c2c(CO)cccc21)NCC(F)(F)F. The van der Waals surface area contributed by atoms with Crippen LogP contribution in [0.4, 0.5) is 18.9 Å². The molecular formula is C25H24F3N5O4. The molecule has 9 nitrogen and oxygen atoms in total. The summed E-state index contributed by atoms with van der Waals surface area (Å²) in [7, 11) is 0. The van der Waals surface area contributed by atoms with Gasteiger partial charge in [0.05, 0.1) is 23.7 Å². The predicted octanol–water partition coefficient (Wildman–Crippen LogP) is 2.25. The Balaban J connectivity index is 1.38. The van der Waals surface area contributed by atoms with E-state index in [4.69, 9.17) is 0 Å². The van der Waals surface area contributed by atoms with Gasteiger partial charge in [-0.15, -0.1) is 0 Å². The van der Waals surface area contributed by atoms with E-state index in [1.165, 1.54) is 4.90 Å². The maximum absolute atomic E-state index is 13.7. The molecule has 12 heteroatoms. The highest BCUT2D eigenvalue weighted by atomic mass is 19.4. The van der Waals surface area contributed by atoms with E-state index >= 15 is 0 Å². The number of halogens is 3. The Bertz CT molecular complexity index is 1380. The summed E-state index contributed by atoms with van der Waals surface area (Å²) < 4.78 is 37.7. The monoisotopic (exact) mass is 515 g/mol. The van der Waals surface area contributed by atoms with Crippen LogP contribution in [0.25, 0.3) is 10.9 Å². The van der Waals surface area contributed by atoms with Crippen LogP contribution in [0.1, 0.15) is 34.3 Å². The molecule has 0 saturated carbocycles. The van der Waals surface area contributed by atoms with E-state index in [0.29, 0.717) is 22.4 Å². The molecule has 3 aromatic rings. The lowest BCUT2D eigenvalue weighted by atomic mass is 9.72. The van der Waals surface area contributed by atoms with E-state index in [1.54, 1.807) is 52.8 Å². The van der Waals surface area contributed by atoms with Crippen molar-refractivity contribution in [2.75, 3.05) is 31.1 Å². The van der Waals surface area contributed by atoms with Crippen LogP contribution >= 0.6 is 0 Å². The van der Waals surface area contributed by atoms with Crippen molar-refractivity contribution in [3.63, 3.8) is 0 Å². The van der Waals surface area contributed by atoms with Crippen molar-refractivity contribution in [2.24, 2.45) is 0 Å². The number of amides is 3. The van der Waals surface area contributed by atoms with E-state index in [9.17, 15) is 32.7 Å². The second-order valence-electron chi connectivity index (χ2n) is 9.30. The third-order valence-corrected chi connectivity index (χ3v) is 7.10. The largest absolute Gasteiger partial charge is 0.405 e. The summed E-state index contributed by atoms with van der Waals surface area (Å²) in [5.74, 6) is -1.55. The third kappa shape index (κ3) is 4.41. The van der Waals surface area contributed by atoms with Gasteiger partial charge in [-0.25, -0.2) is 0 Å². The van der Waals surface area contributed by atoms with Crippen molar-refractivity contribution in [1.29, 1.82) is 0 Å². The number of anilines is 1. The number of hydrogen-bond acceptors (Lipinski definition) is 5. The first-order valence-corrected chi connectivity index (χ1v) is 11.7. The molecule has 2 aliphatic heterocycles. The highest BCUT2D eigenvalue weighted by Gasteiger charge is 2.53. The summed E-state index contributed by atoms with van der Waals surface area (Å²) in [5, 5.41) is 19.4. The summed E-state index contributed by atoms with van der Waals surface area (Å²) >= 11 is 0. The summed E-state index contributed by atoms with van der Waals surface area (Å²) in [6.45, 7) is -1.92. The summed E-state index contributed by atoms with van der Waals surface area (Å²) in [5.41, 5.74) is 1.67. The quantitative estimate of drug-likeness (QED) is 0.482. The molecule has 194 valence electrons. The molecule has 1 aromatic heterocycles. The first-order chi connectivity index (χ1) is 17.6. The maximum atomic E-state index is 13.7. The molecule has 1 fully saturated rings. The van der Waals surface area contributed by atoms with Crippen molar-refractivity contribution in [3.8, 4) is 0 Å². The zero-order chi connectivity index (χ0) is 26.4. The van der Waals surface area contributed by atoms with Crippen molar-refractivity contribution in [3.05, 3.63) is 59.3 Å². The molecule has 0 aliphatic carbocycles. The minimum absolute atomic E-state index is 0.192. The topological polar surface area (TPSA) is 119 Å². The summed E-state index contributed by atoms with van der Waals surface area (Å²) in [4.78, 5) is 42.1. The number of rotatable bonds is 5. The molecule has 3 heterocycles. The van der Waals surface area contributed by atoms with Gasteiger partial charge in [0, 0.05) is 29.7 Å². The van der Waals surface area contributed by atoms with E-state index in [1.807, 2.05) is 0 Å². The summed E-state index contributed by atoms with van der Waals surface area (Å²) in [6, 6.07) is 10.1. The van der Waals surface area contributed by atoms with Crippen molar-refractivity contribution in [2.45, 2.75) is 31.0 Å². The number of piperidine rings is 1. The number of fused-ring (bicyclic) bond motifs is 3. The average Bonchev–Trinajstić information content (AvgIpc) is 3.44. The number of nitrogens with one attached hydrogen (secondary N) is 2. The number of aromatic nitrogens is 2. The molecule has 0 atom stereocenters. The lowest BCUT2D eigenvalue weighted by Crippen LogP contribution is -2.51. The van der Waals surface area contributed by atoms with Gasteiger partial charge in [-0.3, -0.25) is 19.5 Å². The number of hydrogen-bond donors (Lipinski definition) is 3. The molecule has 2 aromatic carbocycles. The Kier molecular flexibility index (Phi) is 6.14. The van der Waals surface area contributed by atoms with E-state index < -0.39 is 36.5 Å². The zero-order valence-electron chi connectivity index (χ0n) is 19.6. The van der Waals surface area contributed by atoms with E-state index in [2.05, 4.69) is 10.2 Å². The van der Waals surface area contributed by atoms with Crippen LogP contribution in [-0.2, 0) is 21.6 Å². The number of carbonyl (C=O) groups is 3. The Morgan fingerprint density at radius 1 is 1.16 bits per heavy atom. The van der Waals surface area contributed by atoms with Crippen LogP contribution in [0.3, 0.4) is 0 Å². The van der Waals surface area contributed by atoms with Gasteiger partial charge >= 0.3 is 6.18 Å². The minimum atomic E-state index is -4.57. The second kappa shape index (κ2) is 9.18. The van der Waals surface area contributed by atoms with Crippen LogP contribution in [-0.4, -0.2) is 70.3 Å². The van der Waals surface area contributed by atoms with Gasteiger partial charge in [-0.05, 0) is 48.2 Å². The lowest BCUT2D eigenvalue weighted by Gasteiger charge is -2.39. The molecule has 0 unspecified atom stereocenters. The first-order valence-electron chi connectivity index (χ1n) is 11.7. The number of benzene rings is 2. The Hall–Kier alpha value is -3.93. The molecule has 3 N–H and O–H groups in total. The normalized spacial score (nSPS) is 16.9. The minimum Gasteiger partial charge on any atom is -0.392 e. The standard InChI is InChI=1S/C25H24F3N5O4/c26-25(27,28)14-29-20(35)12-33-19-3-1-2-16(13-34)21(19)24(23(33)37)6-8-32(9-7-24)22(36)15-4-5-18-17(10-15)11-30-31-18/h1-5,10-11,34H,6-9,12-14H2,(H,29,35)(H,30,31). The fourth-order valence-electron chi connectivity index (χ4n) is 5.34. The third-order valence-electron chi connectivity index (χ3n) is 7.10. The van der Waals surface area contributed by atoms with Gasteiger partial charge < -0.3 is 20.2 Å². The number of aliphatic hydroxyl groups excluding tert-OH is 1. The van der Waals surface area contributed by atoms with Gasteiger partial charge in [0.2, 0.25) is 11.8 Å². The molecule has 0 bridgehead atoms. The number of nitrogens with zero attached hydrogens (tertiary/aromatic N) is 3. The highest BCUT2D eigenvalue weighted by molar-refractivity contribution is 6.11. The fraction of sp³-hybridized carbons (Fsp3) is 0.360. The first kappa shape index (κ1) is 24.8. The Morgan fingerprint density at radius 2 is 1.92 bits per heavy atom. The van der Waals surface area contributed by atoms with Gasteiger partial charge in [0.25, 0.3) is 5.91 Å². The number of aromatic amines is 1. The lowest BCUT2D eigenvalue weighted by molar-refractivity contribution is -0.138. The molecule has 0 radical (unpaired) electrons. The van der Waals surface area contributed by atoms with E-state index in [0.717, 1.165) is 10.9 Å². The van der Waals surface area contributed by atoms with E-state index in [-0.39, 0.29) is 38.4 Å². The fourth-order valence-corrected chi connectivity index (χ4v) is 5.34. The molecular weight excluding hydrogens is 491 g/mol. The van der Waals surface area contributed by atoms with Crippen LogP contribution in [0.5, 0.6) is 0 Å². The van der Waals surface area contributed by atoms with Gasteiger partial charge in [-0.2, -0.15) is 18.3 Å². The molecule has 5 rings (SSSR count). The zero-order valence-corrected chi connectivity index (χ0v) is 19.6. The number of alkyl halides is 3. The van der Waals surface area contributed by atoms with Crippen molar-refractivity contribution < 1.29 is 32.7 Å².